The van der Waals surface area contributed by atoms with Crippen LogP contribution in [0.25, 0.3) is 22.6 Å². The van der Waals surface area contributed by atoms with Crippen molar-refractivity contribution < 1.29 is 14.0 Å². The first-order valence-electron chi connectivity index (χ1n) is 13.2. The molecule has 9 heteroatoms. The fourth-order valence-corrected chi connectivity index (χ4v) is 5.86. The molecule has 37 heavy (non-hydrogen) atoms. The van der Waals surface area contributed by atoms with Crippen LogP contribution in [0.15, 0.2) is 22.7 Å². The zero-order chi connectivity index (χ0) is 25.7. The van der Waals surface area contributed by atoms with Gasteiger partial charge in [0.15, 0.2) is 5.82 Å². The highest BCUT2D eigenvalue weighted by Crippen LogP contribution is 2.48. The normalized spacial score (nSPS) is 25.2. The first-order valence-corrected chi connectivity index (χ1v) is 13.6. The minimum atomic E-state index is 0.00999. The Kier molecular flexibility index (Phi) is 6.37. The maximum atomic E-state index is 6.72. The van der Waals surface area contributed by atoms with Crippen LogP contribution < -0.4 is 15.4 Å². The van der Waals surface area contributed by atoms with Crippen molar-refractivity contribution in [3.05, 3.63) is 40.2 Å². The molecule has 4 heterocycles. The third-order valence-corrected chi connectivity index (χ3v) is 8.22. The number of hydrogen-bond donors (Lipinski definition) is 2. The number of benzene rings is 1. The molecule has 2 N–H and O–H groups in total. The van der Waals surface area contributed by atoms with Crippen LogP contribution in [0.2, 0.25) is 5.02 Å². The van der Waals surface area contributed by atoms with Crippen LogP contribution in [0.3, 0.4) is 0 Å². The van der Waals surface area contributed by atoms with Gasteiger partial charge < -0.3 is 24.6 Å². The molecule has 1 aromatic carbocycles. The lowest BCUT2D eigenvalue weighted by molar-refractivity contribution is 0.258. The number of epoxide rings is 1. The molecule has 0 amide bonds. The Labute approximate surface area is 222 Å². The van der Waals surface area contributed by atoms with Crippen LogP contribution >= 0.6 is 11.6 Å². The minimum absolute atomic E-state index is 0.00999. The Bertz CT molecular complexity index is 1300. The number of aryl methyl sites for hydroxylation is 2. The molecule has 0 spiro atoms. The predicted octanol–water partition coefficient (Wildman–Crippen LogP) is 5.49. The van der Waals surface area contributed by atoms with Gasteiger partial charge in [-0.25, -0.2) is 9.97 Å². The molecule has 1 aliphatic carbocycles. The lowest BCUT2D eigenvalue weighted by atomic mass is 9.80. The quantitative estimate of drug-likeness (QED) is 0.374. The molecule has 0 bridgehead atoms. The summed E-state index contributed by atoms with van der Waals surface area (Å²) in [7, 11) is 0. The van der Waals surface area contributed by atoms with Gasteiger partial charge in [-0.05, 0) is 84.0 Å². The predicted molar refractivity (Wildman–Crippen MR) is 143 cm³/mol. The van der Waals surface area contributed by atoms with Gasteiger partial charge in [-0.15, -0.1) is 0 Å². The fraction of sp³-hybridized carbons (Fsp3) is 0.536. The molecule has 2 saturated heterocycles. The summed E-state index contributed by atoms with van der Waals surface area (Å²) in [5, 5.41) is 12.3. The lowest BCUT2D eigenvalue weighted by Gasteiger charge is -2.42. The van der Waals surface area contributed by atoms with Crippen LogP contribution in [-0.2, 0) is 4.74 Å². The standard InChI is InChI=1S/C28H34ClN5O3/c1-15-12-28(9-10-30-15,19-5-6-19)33-26-16(2)25(24-17(3)34-37-18(24)4)31-27(32-26)22-11-20(7-8-23(22)29)35-13-21-14-36-21/h7-8,11,15,19,21,30H,5-6,9-10,12-14H2,1-4H3,(H,31,32,33)/t15-,21-,28-/m0/s1. The molecule has 196 valence electrons. The molecule has 0 unspecified atom stereocenters. The van der Waals surface area contributed by atoms with Crippen molar-refractivity contribution in [3.63, 3.8) is 0 Å². The van der Waals surface area contributed by atoms with E-state index in [0.29, 0.717) is 35.2 Å². The molecule has 3 atom stereocenters. The molecular weight excluding hydrogens is 490 g/mol. The van der Waals surface area contributed by atoms with Crippen LogP contribution in [0.1, 0.15) is 49.6 Å². The molecule has 2 aliphatic heterocycles. The number of nitrogens with one attached hydrogen (secondary N) is 2. The van der Waals surface area contributed by atoms with Crippen molar-refractivity contribution in [2.24, 2.45) is 5.92 Å². The molecule has 3 aromatic rings. The number of halogens is 1. The van der Waals surface area contributed by atoms with Gasteiger partial charge in [0.05, 0.1) is 28.6 Å². The number of nitrogens with zero attached hydrogens (tertiary/aromatic N) is 3. The molecule has 0 radical (unpaired) electrons. The van der Waals surface area contributed by atoms with Crippen LogP contribution in [-0.4, -0.2) is 52.6 Å². The van der Waals surface area contributed by atoms with E-state index in [-0.39, 0.29) is 11.6 Å². The molecule has 6 rings (SSSR count). The molecule has 8 nitrogen and oxygen atoms in total. The average Bonchev–Trinajstić information content (AvgIpc) is 3.79. The summed E-state index contributed by atoms with van der Waals surface area (Å²) in [5.74, 6) is 3.50. The summed E-state index contributed by atoms with van der Waals surface area (Å²) in [4.78, 5) is 10.1. The highest BCUT2D eigenvalue weighted by Gasteiger charge is 2.47. The summed E-state index contributed by atoms with van der Waals surface area (Å²) in [6.45, 7) is 10.5. The summed E-state index contributed by atoms with van der Waals surface area (Å²) >= 11 is 6.72. The average molecular weight is 524 g/mol. The van der Waals surface area contributed by atoms with Gasteiger partial charge in [-0.2, -0.15) is 0 Å². The van der Waals surface area contributed by atoms with Crippen molar-refractivity contribution in [1.29, 1.82) is 0 Å². The van der Waals surface area contributed by atoms with E-state index in [9.17, 15) is 0 Å². The monoisotopic (exact) mass is 523 g/mol. The molecule has 1 saturated carbocycles. The molecule has 3 aliphatic rings. The van der Waals surface area contributed by atoms with Crippen LogP contribution in [0, 0.1) is 26.7 Å². The molecular formula is C28H34ClN5O3. The second kappa shape index (κ2) is 9.57. The number of hydrogen-bond acceptors (Lipinski definition) is 8. The van der Waals surface area contributed by atoms with Gasteiger partial charge in [0.2, 0.25) is 0 Å². The van der Waals surface area contributed by atoms with E-state index in [1.807, 2.05) is 32.0 Å². The summed E-state index contributed by atoms with van der Waals surface area (Å²) in [6, 6.07) is 6.07. The van der Waals surface area contributed by atoms with E-state index in [4.69, 9.17) is 35.6 Å². The van der Waals surface area contributed by atoms with Gasteiger partial charge in [0, 0.05) is 22.7 Å². The number of piperidine rings is 1. The van der Waals surface area contributed by atoms with Gasteiger partial charge in [0.1, 0.15) is 30.0 Å². The Morgan fingerprint density at radius 1 is 1.22 bits per heavy atom. The van der Waals surface area contributed by atoms with Gasteiger partial charge in [-0.3, -0.25) is 0 Å². The Morgan fingerprint density at radius 2 is 2.03 bits per heavy atom. The van der Waals surface area contributed by atoms with Gasteiger partial charge >= 0.3 is 0 Å². The fourth-order valence-electron chi connectivity index (χ4n) is 5.66. The van der Waals surface area contributed by atoms with Crippen molar-refractivity contribution in [1.82, 2.24) is 20.4 Å². The molecule has 3 fully saturated rings. The van der Waals surface area contributed by atoms with Crippen molar-refractivity contribution in [2.45, 2.75) is 71.1 Å². The van der Waals surface area contributed by atoms with Crippen LogP contribution in [0.5, 0.6) is 5.75 Å². The second-order valence-corrected chi connectivity index (χ2v) is 11.2. The largest absolute Gasteiger partial charge is 0.491 e. The second-order valence-electron chi connectivity index (χ2n) is 10.8. The van der Waals surface area contributed by atoms with Crippen molar-refractivity contribution in [3.8, 4) is 28.4 Å². The number of rotatable bonds is 8. The topological polar surface area (TPSA) is 97.6 Å². The van der Waals surface area contributed by atoms with Crippen LogP contribution in [0.4, 0.5) is 5.82 Å². The smallest absolute Gasteiger partial charge is 0.163 e. The van der Waals surface area contributed by atoms with Gasteiger partial charge in [-0.1, -0.05) is 16.8 Å². The summed E-state index contributed by atoms with van der Waals surface area (Å²) < 4.78 is 16.8. The Morgan fingerprint density at radius 3 is 2.70 bits per heavy atom. The molecule has 2 aromatic heterocycles. The highest BCUT2D eigenvalue weighted by molar-refractivity contribution is 6.33. The number of ether oxygens (including phenoxy) is 2. The van der Waals surface area contributed by atoms with E-state index in [2.05, 4.69) is 29.6 Å². The lowest BCUT2D eigenvalue weighted by Crippen LogP contribution is -2.53. The zero-order valence-corrected chi connectivity index (χ0v) is 22.6. The van der Waals surface area contributed by atoms with E-state index < -0.39 is 0 Å². The SMILES string of the molecule is Cc1noc(C)c1-c1nc(-c2cc(OC[C@H]3CO3)ccc2Cl)nc(N[C@@]2(C3CC3)CCN[C@@H](C)C2)c1C. The zero-order valence-electron chi connectivity index (χ0n) is 21.9. The third kappa shape index (κ3) is 4.94. The Balaban J connectivity index is 1.46. The maximum Gasteiger partial charge on any atom is 0.163 e. The minimum Gasteiger partial charge on any atom is -0.491 e. The summed E-state index contributed by atoms with van der Waals surface area (Å²) in [6.07, 6.45) is 4.80. The first kappa shape index (κ1) is 24.6. The first-order chi connectivity index (χ1) is 17.8. The van der Waals surface area contributed by atoms with E-state index >= 15 is 0 Å². The van der Waals surface area contributed by atoms with Crippen molar-refractivity contribution in [2.75, 3.05) is 25.1 Å². The number of anilines is 1. The number of aromatic nitrogens is 3. The summed E-state index contributed by atoms with van der Waals surface area (Å²) in [5.41, 5.74) is 4.24. The van der Waals surface area contributed by atoms with Gasteiger partial charge in [0.25, 0.3) is 0 Å². The maximum absolute atomic E-state index is 6.72. The third-order valence-electron chi connectivity index (χ3n) is 7.89. The van der Waals surface area contributed by atoms with E-state index in [0.717, 1.165) is 65.6 Å². The van der Waals surface area contributed by atoms with Crippen molar-refractivity contribution >= 4 is 17.4 Å². The highest BCUT2D eigenvalue weighted by atomic mass is 35.5. The van der Waals surface area contributed by atoms with E-state index in [1.165, 1.54) is 12.8 Å². The van der Waals surface area contributed by atoms with E-state index in [1.54, 1.807) is 0 Å². The Hall–Kier alpha value is -2.68.